The number of primary sulfonamides is 1. The number of amides is 1. The van der Waals surface area contributed by atoms with Crippen molar-refractivity contribution >= 4 is 33.7 Å². The van der Waals surface area contributed by atoms with Gasteiger partial charge in [-0.3, -0.25) is 4.79 Å². The predicted octanol–water partition coefficient (Wildman–Crippen LogP) is 1.52. The summed E-state index contributed by atoms with van der Waals surface area (Å²) in [4.78, 5) is 11.8. The van der Waals surface area contributed by atoms with Gasteiger partial charge in [-0.25, -0.2) is 19.0 Å². The van der Waals surface area contributed by atoms with Gasteiger partial charge in [-0.05, 0) is 42.0 Å². The van der Waals surface area contributed by atoms with E-state index in [0.717, 1.165) is 6.07 Å². The first-order valence-electron chi connectivity index (χ1n) is 7.40. The summed E-state index contributed by atoms with van der Waals surface area (Å²) in [5.74, 6) is 0.636. The van der Waals surface area contributed by atoms with E-state index in [1.807, 2.05) is 0 Å². The molecule has 0 saturated carbocycles. The zero-order valence-electron chi connectivity index (χ0n) is 13.3. The van der Waals surface area contributed by atoms with Gasteiger partial charge in [0, 0.05) is 5.56 Å². The van der Waals surface area contributed by atoms with Crippen molar-refractivity contribution in [3.8, 4) is 11.5 Å². The number of benzene rings is 2. The van der Waals surface area contributed by atoms with E-state index < -0.39 is 15.9 Å². The maximum Gasteiger partial charge on any atom is 0.271 e. The van der Waals surface area contributed by atoms with E-state index in [4.69, 9.17) is 26.2 Å². The van der Waals surface area contributed by atoms with Crippen LogP contribution in [0.3, 0.4) is 0 Å². The summed E-state index contributed by atoms with van der Waals surface area (Å²) in [5.41, 5.74) is 3.05. The van der Waals surface area contributed by atoms with Crippen molar-refractivity contribution in [1.29, 1.82) is 0 Å². The minimum Gasteiger partial charge on any atom is -0.486 e. The van der Waals surface area contributed by atoms with Crippen molar-refractivity contribution in [2.24, 2.45) is 10.2 Å². The third-order valence-corrected chi connectivity index (χ3v) is 4.84. The van der Waals surface area contributed by atoms with Gasteiger partial charge in [0.2, 0.25) is 10.0 Å². The zero-order chi connectivity index (χ0) is 18.7. The Morgan fingerprint density at radius 3 is 2.62 bits per heavy atom. The number of nitrogens with two attached hydrogens (primary N) is 1. The van der Waals surface area contributed by atoms with Crippen LogP contribution in [0, 0.1) is 0 Å². The van der Waals surface area contributed by atoms with Crippen molar-refractivity contribution < 1.29 is 22.7 Å². The lowest BCUT2D eigenvalue weighted by Crippen LogP contribution is -2.19. The summed E-state index contributed by atoms with van der Waals surface area (Å²) in [5, 5.41) is 8.84. The van der Waals surface area contributed by atoms with Crippen LogP contribution in [0.2, 0.25) is 5.02 Å². The number of ether oxygens (including phenoxy) is 2. The van der Waals surface area contributed by atoms with Crippen molar-refractivity contribution in [2.45, 2.75) is 4.90 Å². The molecule has 0 bridgehead atoms. The number of sulfonamides is 1. The molecular weight excluding hydrogens is 382 g/mol. The molecule has 0 radical (unpaired) electrons. The van der Waals surface area contributed by atoms with Gasteiger partial charge in [-0.1, -0.05) is 11.6 Å². The molecule has 1 aliphatic heterocycles. The second kappa shape index (κ2) is 7.32. The van der Waals surface area contributed by atoms with Crippen LogP contribution in [-0.4, -0.2) is 33.8 Å². The van der Waals surface area contributed by atoms with Crippen LogP contribution in [0.15, 0.2) is 46.4 Å². The molecule has 1 aliphatic rings. The molecule has 0 fully saturated rings. The second-order valence-electron chi connectivity index (χ2n) is 5.29. The number of fused-ring (bicyclic) bond motifs is 1. The topological polar surface area (TPSA) is 120 Å². The molecule has 3 rings (SSSR count). The van der Waals surface area contributed by atoms with Gasteiger partial charge in [-0.2, -0.15) is 5.10 Å². The van der Waals surface area contributed by atoms with Gasteiger partial charge in [0.15, 0.2) is 11.5 Å². The molecule has 0 aliphatic carbocycles. The van der Waals surface area contributed by atoms with Crippen LogP contribution in [0.1, 0.15) is 15.9 Å². The molecule has 0 aromatic heterocycles. The Kier molecular flexibility index (Phi) is 5.12. The van der Waals surface area contributed by atoms with Gasteiger partial charge in [-0.15, -0.1) is 0 Å². The zero-order valence-corrected chi connectivity index (χ0v) is 14.9. The first kappa shape index (κ1) is 18.2. The number of nitrogens with zero attached hydrogens (tertiary/aromatic N) is 1. The van der Waals surface area contributed by atoms with Crippen LogP contribution in [-0.2, 0) is 10.0 Å². The minimum absolute atomic E-state index is 0.0535. The molecule has 0 spiro atoms. The molecule has 3 N–H and O–H groups in total. The number of halogens is 1. The number of hydrogen-bond donors (Lipinski definition) is 2. The maximum absolute atomic E-state index is 12.1. The number of rotatable bonds is 4. The van der Waals surface area contributed by atoms with E-state index in [2.05, 4.69) is 10.5 Å². The van der Waals surface area contributed by atoms with Gasteiger partial charge in [0.05, 0.1) is 11.2 Å². The number of hydrogen-bond acceptors (Lipinski definition) is 6. The monoisotopic (exact) mass is 395 g/mol. The molecule has 1 amide bonds. The Bertz CT molecular complexity index is 991. The molecule has 0 unspecified atom stereocenters. The van der Waals surface area contributed by atoms with Gasteiger partial charge < -0.3 is 9.47 Å². The molecular formula is C16H14ClN3O5S. The average molecular weight is 396 g/mol. The quantitative estimate of drug-likeness (QED) is 0.600. The summed E-state index contributed by atoms with van der Waals surface area (Å²) in [7, 11) is -4.04. The standard InChI is InChI=1S/C16H14ClN3O5S/c17-12-3-2-11(8-15(12)26(18,22)23)16(21)20-19-9-10-1-4-13-14(7-10)25-6-5-24-13/h1-4,7-9H,5-6H2,(H,20,21)(H2,18,22,23)/b19-9-. The third-order valence-electron chi connectivity index (χ3n) is 3.45. The van der Waals surface area contributed by atoms with Crippen molar-refractivity contribution in [3.63, 3.8) is 0 Å². The lowest BCUT2D eigenvalue weighted by Gasteiger charge is -2.18. The van der Waals surface area contributed by atoms with Crippen molar-refractivity contribution in [2.75, 3.05) is 13.2 Å². The summed E-state index contributed by atoms with van der Waals surface area (Å²) in [6, 6.07) is 8.96. The Labute approximate surface area is 154 Å². The number of carbonyl (C=O) groups is 1. The lowest BCUT2D eigenvalue weighted by atomic mass is 10.2. The van der Waals surface area contributed by atoms with Gasteiger partial charge >= 0.3 is 0 Å². The molecule has 26 heavy (non-hydrogen) atoms. The second-order valence-corrected chi connectivity index (χ2v) is 7.23. The summed E-state index contributed by atoms with van der Waals surface area (Å²) >= 11 is 5.79. The van der Waals surface area contributed by atoms with Crippen LogP contribution >= 0.6 is 11.6 Å². The summed E-state index contributed by atoms with van der Waals surface area (Å²) in [6.07, 6.45) is 1.42. The van der Waals surface area contributed by atoms with Crippen LogP contribution in [0.5, 0.6) is 11.5 Å². The molecule has 0 saturated heterocycles. The molecule has 2 aromatic rings. The van der Waals surface area contributed by atoms with Crippen molar-refractivity contribution in [3.05, 3.63) is 52.5 Å². The Morgan fingerprint density at radius 1 is 1.15 bits per heavy atom. The van der Waals surface area contributed by atoms with Crippen molar-refractivity contribution in [1.82, 2.24) is 5.43 Å². The largest absolute Gasteiger partial charge is 0.486 e. The van der Waals surface area contributed by atoms with E-state index in [0.29, 0.717) is 30.3 Å². The highest BCUT2D eigenvalue weighted by Crippen LogP contribution is 2.30. The molecule has 2 aromatic carbocycles. The molecule has 10 heteroatoms. The normalized spacial score (nSPS) is 13.6. The molecule has 1 heterocycles. The summed E-state index contributed by atoms with van der Waals surface area (Å²) in [6.45, 7) is 0.964. The Hall–Kier alpha value is -2.62. The fourth-order valence-corrected chi connectivity index (χ4v) is 3.30. The highest BCUT2D eigenvalue weighted by molar-refractivity contribution is 7.89. The fourth-order valence-electron chi connectivity index (χ4n) is 2.23. The first-order chi connectivity index (χ1) is 12.3. The number of nitrogens with one attached hydrogen (secondary N) is 1. The van der Waals surface area contributed by atoms with Crippen LogP contribution in [0.25, 0.3) is 0 Å². The maximum atomic E-state index is 12.1. The van der Waals surface area contributed by atoms with E-state index >= 15 is 0 Å². The third kappa shape index (κ3) is 4.13. The van der Waals surface area contributed by atoms with E-state index in [1.54, 1.807) is 18.2 Å². The number of hydrazone groups is 1. The van der Waals surface area contributed by atoms with Crippen LogP contribution in [0.4, 0.5) is 0 Å². The fraction of sp³-hybridized carbons (Fsp3) is 0.125. The molecule has 8 nitrogen and oxygen atoms in total. The highest BCUT2D eigenvalue weighted by Gasteiger charge is 2.16. The number of carbonyl (C=O) groups excluding carboxylic acids is 1. The Balaban J connectivity index is 1.72. The van der Waals surface area contributed by atoms with Gasteiger partial charge in [0.25, 0.3) is 5.91 Å². The first-order valence-corrected chi connectivity index (χ1v) is 9.32. The molecule has 0 atom stereocenters. The lowest BCUT2D eigenvalue weighted by molar-refractivity contribution is 0.0955. The summed E-state index contributed by atoms with van der Waals surface area (Å²) < 4.78 is 33.8. The smallest absolute Gasteiger partial charge is 0.271 e. The predicted molar refractivity (Wildman–Crippen MR) is 95.3 cm³/mol. The highest BCUT2D eigenvalue weighted by atomic mass is 35.5. The van der Waals surface area contributed by atoms with E-state index in [9.17, 15) is 13.2 Å². The Morgan fingerprint density at radius 2 is 1.88 bits per heavy atom. The van der Waals surface area contributed by atoms with Gasteiger partial charge in [0.1, 0.15) is 18.1 Å². The van der Waals surface area contributed by atoms with E-state index in [1.165, 1.54) is 18.3 Å². The SMILES string of the molecule is NS(=O)(=O)c1cc(C(=O)N/N=C\c2ccc3c(c2)OCCO3)ccc1Cl. The minimum atomic E-state index is -4.04. The molecule has 136 valence electrons. The van der Waals surface area contributed by atoms with E-state index in [-0.39, 0.29) is 15.5 Å². The average Bonchev–Trinajstić information content (AvgIpc) is 2.61. The van der Waals surface area contributed by atoms with Crippen LogP contribution < -0.4 is 20.0 Å².